The van der Waals surface area contributed by atoms with Gasteiger partial charge in [-0.1, -0.05) is 24.3 Å². The highest BCUT2D eigenvalue weighted by Gasteiger charge is 2.38. The Kier molecular flexibility index (Phi) is 6.01. The lowest BCUT2D eigenvalue weighted by atomic mass is 10.1. The van der Waals surface area contributed by atoms with Crippen molar-refractivity contribution in [2.24, 2.45) is 10.1 Å². The van der Waals surface area contributed by atoms with E-state index in [1.54, 1.807) is 36.4 Å². The van der Waals surface area contributed by atoms with E-state index >= 15 is 0 Å². The second-order valence-corrected chi connectivity index (χ2v) is 10.7. The van der Waals surface area contributed by atoms with Crippen molar-refractivity contribution in [1.82, 2.24) is 5.01 Å². The molecule has 0 atom stereocenters. The van der Waals surface area contributed by atoms with Gasteiger partial charge in [-0.25, -0.2) is 12.8 Å². The van der Waals surface area contributed by atoms with Crippen molar-refractivity contribution in [3.8, 4) is 5.75 Å². The summed E-state index contributed by atoms with van der Waals surface area (Å²) >= 11 is 4.12. The summed E-state index contributed by atoms with van der Waals surface area (Å²) in [7, 11) is -3.60. The number of amidine groups is 2. The Balaban J connectivity index is 1.56. The molecule has 1 N–H and O–H groups in total. The van der Waals surface area contributed by atoms with Gasteiger partial charge in [0.1, 0.15) is 18.2 Å². The Morgan fingerprint density at radius 3 is 2.72 bits per heavy atom. The number of nitrogens with one attached hydrogen (secondary N) is 1. The van der Waals surface area contributed by atoms with Gasteiger partial charge in [0.25, 0.3) is 5.91 Å². The highest BCUT2D eigenvalue weighted by atomic mass is 79.9. The molecule has 0 bridgehead atoms. The third-order valence-electron chi connectivity index (χ3n) is 4.36. The molecule has 2 aliphatic heterocycles. The molecule has 8 nitrogen and oxygen atoms in total. The Bertz CT molecular complexity index is 1360. The molecule has 2 aliphatic rings. The lowest BCUT2D eigenvalue weighted by Crippen LogP contribution is -2.35. The van der Waals surface area contributed by atoms with E-state index in [1.165, 1.54) is 12.1 Å². The second kappa shape index (κ2) is 8.60. The highest BCUT2D eigenvalue weighted by molar-refractivity contribution is 9.10. The van der Waals surface area contributed by atoms with E-state index < -0.39 is 15.7 Å². The molecule has 4 rings (SSSR count). The summed E-state index contributed by atoms with van der Waals surface area (Å²) in [6.45, 7) is 0.0413. The normalized spacial score (nSPS) is 17.3. The van der Waals surface area contributed by atoms with Crippen LogP contribution in [0.5, 0.6) is 5.75 Å². The predicted octanol–water partition coefficient (Wildman–Crippen LogP) is 3.79. The minimum atomic E-state index is -3.60. The number of thioether (sulfide) groups is 1. The summed E-state index contributed by atoms with van der Waals surface area (Å²) in [6.07, 6.45) is 2.45. The largest absolute Gasteiger partial charge is 0.488 e. The molecule has 0 aromatic heterocycles. The molecule has 2 aromatic carbocycles. The minimum absolute atomic E-state index is 0.0237. The molecule has 1 amide bonds. The number of carbonyl (C=O) groups excluding carboxylic acids is 1. The zero-order valence-electron chi connectivity index (χ0n) is 16.4. The van der Waals surface area contributed by atoms with Crippen LogP contribution in [0.4, 0.5) is 4.39 Å². The fourth-order valence-electron chi connectivity index (χ4n) is 2.79. The van der Waals surface area contributed by atoms with E-state index in [2.05, 4.69) is 26.0 Å². The van der Waals surface area contributed by atoms with Crippen LogP contribution in [0.1, 0.15) is 11.1 Å². The zero-order valence-corrected chi connectivity index (χ0v) is 19.6. The number of hydrogen-bond acceptors (Lipinski definition) is 7. The van der Waals surface area contributed by atoms with Crippen molar-refractivity contribution in [3.63, 3.8) is 0 Å². The summed E-state index contributed by atoms with van der Waals surface area (Å²) in [6, 6.07) is 11.3. The predicted molar refractivity (Wildman–Crippen MR) is 125 cm³/mol. The van der Waals surface area contributed by atoms with Crippen molar-refractivity contribution in [2.75, 3.05) is 6.26 Å². The molecule has 164 valence electrons. The van der Waals surface area contributed by atoms with Crippen LogP contribution >= 0.6 is 27.7 Å². The first-order chi connectivity index (χ1) is 15.1. The van der Waals surface area contributed by atoms with Crippen molar-refractivity contribution in [1.29, 1.82) is 5.41 Å². The van der Waals surface area contributed by atoms with Gasteiger partial charge in [-0.05, 0) is 57.5 Å². The summed E-state index contributed by atoms with van der Waals surface area (Å²) in [5.74, 6) is -0.836. The Morgan fingerprint density at radius 1 is 1.28 bits per heavy atom. The topological polar surface area (TPSA) is 112 Å². The number of amides is 1. The molecule has 12 heteroatoms. The number of ether oxygens (including phenoxy) is 1. The second-order valence-electron chi connectivity index (χ2n) is 6.73. The molecule has 32 heavy (non-hydrogen) atoms. The number of rotatable bonds is 4. The Labute approximate surface area is 195 Å². The van der Waals surface area contributed by atoms with Gasteiger partial charge in [-0.15, -0.1) is 5.10 Å². The van der Waals surface area contributed by atoms with Crippen LogP contribution in [0, 0.1) is 11.2 Å². The first-order valence-electron chi connectivity index (χ1n) is 8.99. The van der Waals surface area contributed by atoms with Crippen LogP contribution in [-0.4, -0.2) is 41.0 Å². The summed E-state index contributed by atoms with van der Waals surface area (Å²) < 4.78 is 43.2. The number of fused-ring (bicyclic) bond motifs is 1. The van der Waals surface area contributed by atoms with E-state index in [0.717, 1.165) is 23.0 Å². The molecule has 0 spiro atoms. The lowest BCUT2D eigenvalue weighted by Gasteiger charge is -2.20. The number of nitrogens with zero attached hydrogens (tertiary/aromatic N) is 3. The standard InChI is InChI=1S/C20H14BrFN4O4S2/c1-32(28,29)20-25-26-17(23)13(18(27)24-19(26)31-20)8-11-6-7-16(14(21)9-11)30-10-12-4-2-3-5-15(12)22/h2-9,23H,10H2,1H3/b13-8+,23-17?. The van der Waals surface area contributed by atoms with Crippen LogP contribution in [-0.2, 0) is 21.2 Å². The van der Waals surface area contributed by atoms with Gasteiger partial charge in [-0.2, -0.15) is 10.0 Å². The van der Waals surface area contributed by atoms with Crippen LogP contribution in [0.15, 0.2) is 62.6 Å². The molecule has 0 saturated carbocycles. The first-order valence-corrected chi connectivity index (χ1v) is 12.5. The molecule has 0 fully saturated rings. The first kappa shape index (κ1) is 22.4. The number of aliphatic imine (C=N–C) groups is 1. The van der Waals surface area contributed by atoms with E-state index in [-0.39, 0.29) is 33.4 Å². The monoisotopic (exact) mass is 536 g/mol. The van der Waals surface area contributed by atoms with Crippen LogP contribution < -0.4 is 4.74 Å². The van der Waals surface area contributed by atoms with Crippen molar-refractivity contribution in [2.45, 2.75) is 6.61 Å². The summed E-state index contributed by atoms with van der Waals surface area (Å²) in [5.41, 5.74) is 0.943. The average Bonchev–Trinajstić information content (AvgIpc) is 3.16. The van der Waals surface area contributed by atoms with Crippen LogP contribution in [0.2, 0.25) is 0 Å². The van der Waals surface area contributed by atoms with Gasteiger partial charge in [0, 0.05) is 11.8 Å². The smallest absolute Gasteiger partial charge is 0.283 e. The van der Waals surface area contributed by atoms with E-state index in [0.29, 0.717) is 21.3 Å². The van der Waals surface area contributed by atoms with E-state index in [4.69, 9.17) is 10.1 Å². The lowest BCUT2D eigenvalue weighted by molar-refractivity contribution is -0.114. The molecule has 2 aromatic rings. The van der Waals surface area contributed by atoms with Gasteiger partial charge in [0.15, 0.2) is 5.84 Å². The number of hydrogen-bond donors (Lipinski definition) is 1. The molecule has 0 saturated heterocycles. The Morgan fingerprint density at radius 2 is 2.03 bits per heavy atom. The maximum atomic E-state index is 13.8. The molecule has 0 radical (unpaired) electrons. The average molecular weight is 537 g/mol. The minimum Gasteiger partial charge on any atom is -0.488 e. The quantitative estimate of drug-likeness (QED) is 0.595. The van der Waals surface area contributed by atoms with Gasteiger partial charge in [-0.3, -0.25) is 10.2 Å². The van der Waals surface area contributed by atoms with Crippen molar-refractivity contribution < 1.29 is 22.3 Å². The van der Waals surface area contributed by atoms with Gasteiger partial charge in [0.2, 0.25) is 19.4 Å². The number of halogens is 2. The molecule has 2 heterocycles. The van der Waals surface area contributed by atoms with E-state index in [9.17, 15) is 17.6 Å². The van der Waals surface area contributed by atoms with Gasteiger partial charge in [0.05, 0.1) is 10.0 Å². The molecule has 0 unspecified atom stereocenters. The molecular weight excluding hydrogens is 523 g/mol. The summed E-state index contributed by atoms with van der Waals surface area (Å²) in [5, 5.41) is 13.2. The maximum Gasteiger partial charge on any atom is 0.283 e. The van der Waals surface area contributed by atoms with E-state index in [1.807, 2.05) is 0 Å². The van der Waals surface area contributed by atoms with Crippen LogP contribution in [0.25, 0.3) is 6.08 Å². The van der Waals surface area contributed by atoms with Gasteiger partial charge >= 0.3 is 0 Å². The maximum absolute atomic E-state index is 13.8. The molecular formula is C20H14BrFN4O4S2. The fraction of sp³-hybridized carbons (Fsp3) is 0.100. The van der Waals surface area contributed by atoms with Crippen molar-refractivity contribution in [3.05, 3.63) is 69.5 Å². The number of sulfone groups is 1. The number of benzene rings is 2. The SMILES string of the molecule is CS(=O)(=O)C1=NN2C(=N)/C(=C\c3ccc(OCc4ccccc4F)c(Br)c3)C(=O)N=C2S1. The highest BCUT2D eigenvalue weighted by Crippen LogP contribution is 2.31. The van der Waals surface area contributed by atoms with Gasteiger partial charge < -0.3 is 4.74 Å². The fourth-order valence-corrected chi connectivity index (χ4v) is 4.98. The van der Waals surface area contributed by atoms with Crippen molar-refractivity contribution >= 4 is 64.9 Å². The number of hydrazone groups is 1. The summed E-state index contributed by atoms with van der Waals surface area (Å²) in [4.78, 5) is 16.3. The number of carbonyl (C=O) groups is 1. The molecule has 0 aliphatic carbocycles. The third kappa shape index (κ3) is 4.52. The Hall–Kier alpha value is -2.83. The zero-order chi connectivity index (χ0) is 23.0. The van der Waals surface area contributed by atoms with Crippen LogP contribution in [0.3, 0.4) is 0 Å². The third-order valence-corrected chi connectivity index (χ3v) is 7.56.